The molecule has 3 aromatic rings. The highest BCUT2D eigenvalue weighted by molar-refractivity contribution is 5.96. The first-order valence-corrected chi connectivity index (χ1v) is 8.16. The summed E-state index contributed by atoms with van der Waals surface area (Å²) in [6, 6.07) is 9.09. The molecular formula is C19H17N3O5. The first kappa shape index (κ1) is 18.1. The average molecular weight is 367 g/mol. The van der Waals surface area contributed by atoms with Crippen LogP contribution < -0.4 is 10.9 Å². The first-order chi connectivity index (χ1) is 12.9. The molecule has 8 nitrogen and oxygen atoms in total. The van der Waals surface area contributed by atoms with Crippen LogP contribution >= 0.6 is 0 Å². The summed E-state index contributed by atoms with van der Waals surface area (Å²) in [5, 5.41) is 11.6. The van der Waals surface area contributed by atoms with E-state index in [9.17, 15) is 19.7 Å². The summed E-state index contributed by atoms with van der Waals surface area (Å²) in [6.45, 7) is 3.93. The van der Waals surface area contributed by atoms with Gasteiger partial charge in [-0.25, -0.2) is 0 Å². The lowest BCUT2D eigenvalue weighted by Gasteiger charge is -2.07. The summed E-state index contributed by atoms with van der Waals surface area (Å²) in [6.07, 6.45) is 1.55. The number of hydrogen-bond acceptors (Lipinski definition) is 5. The summed E-state index contributed by atoms with van der Waals surface area (Å²) in [7, 11) is 0. The Balaban J connectivity index is 1.65. The van der Waals surface area contributed by atoms with Gasteiger partial charge < -0.3 is 4.42 Å². The minimum atomic E-state index is -0.643. The molecule has 0 fully saturated rings. The van der Waals surface area contributed by atoms with Crippen LogP contribution in [0.25, 0.3) is 11.0 Å². The molecule has 8 heteroatoms. The van der Waals surface area contributed by atoms with Crippen molar-refractivity contribution in [3.8, 4) is 0 Å². The molecular weight excluding hydrogens is 350 g/mol. The Morgan fingerprint density at radius 2 is 1.93 bits per heavy atom. The Hall–Kier alpha value is -3.68. The molecule has 0 aliphatic carbocycles. The van der Waals surface area contributed by atoms with E-state index in [1.54, 1.807) is 0 Å². The van der Waals surface area contributed by atoms with Crippen LogP contribution in [0.3, 0.4) is 0 Å². The van der Waals surface area contributed by atoms with Crippen molar-refractivity contribution < 1.29 is 18.9 Å². The number of carbonyl (C=O) groups excluding carboxylic acids is 2. The number of amides is 2. The molecule has 3 rings (SSSR count). The summed E-state index contributed by atoms with van der Waals surface area (Å²) in [4.78, 5) is 34.4. The summed E-state index contributed by atoms with van der Waals surface area (Å²) >= 11 is 0. The molecule has 2 N–H and O–H groups in total. The Morgan fingerprint density at radius 1 is 1.15 bits per heavy atom. The number of carbonyl (C=O) groups is 2. The third-order valence-corrected chi connectivity index (χ3v) is 4.33. The molecule has 0 atom stereocenters. The third-order valence-electron chi connectivity index (χ3n) is 4.33. The van der Waals surface area contributed by atoms with Crippen molar-refractivity contribution in [2.75, 3.05) is 0 Å². The van der Waals surface area contributed by atoms with Crippen molar-refractivity contribution in [2.24, 2.45) is 0 Å². The van der Waals surface area contributed by atoms with E-state index >= 15 is 0 Å². The van der Waals surface area contributed by atoms with Gasteiger partial charge in [0.05, 0.1) is 17.6 Å². The van der Waals surface area contributed by atoms with Gasteiger partial charge in [0.1, 0.15) is 5.58 Å². The van der Waals surface area contributed by atoms with Gasteiger partial charge in [0.25, 0.3) is 11.6 Å². The Morgan fingerprint density at radius 3 is 2.67 bits per heavy atom. The lowest BCUT2D eigenvalue weighted by molar-refractivity contribution is -0.384. The van der Waals surface area contributed by atoms with Crippen LogP contribution in [0.4, 0.5) is 5.69 Å². The normalized spacial score (nSPS) is 10.6. The van der Waals surface area contributed by atoms with Crippen molar-refractivity contribution in [3.63, 3.8) is 0 Å². The Bertz CT molecular complexity index is 1050. The molecule has 0 aliphatic heterocycles. The van der Waals surface area contributed by atoms with Crippen molar-refractivity contribution >= 4 is 28.5 Å². The fourth-order valence-electron chi connectivity index (χ4n) is 2.70. The van der Waals surface area contributed by atoms with E-state index < -0.39 is 16.7 Å². The van der Waals surface area contributed by atoms with E-state index in [1.165, 1.54) is 24.5 Å². The van der Waals surface area contributed by atoms with Gasteiger partial charge in [-0.2, -0.15) is 0 Å². The van der Waals surface area contributed by atoms with Crippen molar-refractivity contribution in [1.82, 2.24) is 10.9 Å². The van der Waals surface area contributed by atoms with Gasteiger partial charge in [0.2, 0.25) is 5.91 Å². The number of furan rings is 1. The van der Waals surface area contributed by atoms with Gasteiger partial charge in [-0.15, -0.1) is 0 Å². The zero-order chi connectivity index (χ0) is 19.6. The Kier molecular flexibility index (Phi) is 4.89. The number of aryl methyl sites for hydroxylation is 2. The monoisotopic (exact) mass is 367 g/mol. The van der Waals surface area contributed by atoms with E-state index in [0.717, 1.165) is 28.2 Å². The molecule has 1 heterocycles. The van der Waals surface area contributed by atoms with Crippen molar-refractivity contribution in [3.05, 3.63) is 75.0 Å². The number of benzene rings is 2. The molecule has 0 spiro atoms. The van der Waals surface area contributed by atoms with E-state index in [-0.39, 0.29) is 17.7 Å². The van der Waals surface area contributed by atoms with Crippen LogP contribution in [-0.2, 0) is 11.2 Å². The standard InChI is InChI=1S/C19H17N3O5/c1-11-6-7-16-14(10-27-18(16)12(11)2)9-17(23)20-21-19(24)13-4-3-5-15(8-13)22(25)26/h3-8,10H,9H2,1-2H3,(H,20,23)(H,21,24). The number of rotatable bonds is 4. The smallest absolute Gasteiger partial charge is 0.270 e. The molecule has 0 saturated heterocycles. The summed E-state index contributed by atoms with van der Waals surface area (Å²) in [5.74, 6) is -1.08. The van der Waals surface area contributed by atoms with Gasteiger partial charge in [-0.05, 0) is 31.0 Å². The van der Waals surface area contributed by atoms with E-state index in [4.69, 9.17) is 4.42 Å². The van der Waals surface area contributed by atoms with E-state index in [2.05, 4.69) is 10.9 Å². The zero-order valence-electron chi connectivity index (χ0n) is 14.7. The number of hydrogen-bond donors (Lipinski definition) is 2. The maximum atomic E-state index is 12.1. The van der Waals surface area contributed by atoms with Crippen LogP contribution in [0.15, 0.2) is 47.1 Å². The molecule has 0 aliphatic rings. The van der Waals surface area contributed by atoms with Gasteiger partial charge in [-0.1, -0.05) is 18.2 Å². The van der Waals surface area contributed by atoms with Crippen LogP contribution in [0, 0.1) is 24.0 Å². The fraction of sp³-hybridized carbons (Fsp3) is 0.158. The quantitative estimate of drug-likeness (QED) is 0.543. The summed E-state index contributed by atoms with van der Waals surface area (Å²) < 4.78 is 5.56. The van der Waals surface area contributed by atoms with E-state index in [0.29, 0.717) is 5.56 Å². The van der Waals surface area contributed by atoms with Crippen LogP contribution in [0.1, 0.15) is 27.0 Å². The number of nitro groups is 1. The summed E-state index contributed by atoms with van der Waals surface area (Å²) in [5.41, 5.74) is 7.98. The largest absolute Gasteiger partial charge is 0.464 e. The number of nitrogens with zero attached hydrogens (tertiary/aromatic N) is 1. The second-order valence-corrected chi connectivity index (χ2v) is 6.13. The zero-order valence-corrected chi connectivity index (χ0v) is 14.7. The molecule has 0 unspecified atom stereocenters. The van der Waals surface area contributed by atoms with E-state index in [1.807, 2.05) is 26.0 Å². The molecule has 1 aromatic heterocycles. The number of nitro benzene ring substituents is 1. The van der Waals surface area contributed by atoms with Gasteiger partial charge in [0, 0.05) is 28.6 Å². The maximum absolute atomic E-state index is 12.1. The predicted octanol–water partition coefficient (Wildman–Crippen LogP) is 2.96. The van der Waals surface area contributed by atoms with Crippen LogP contribution in [0.5, 0.6) is 0 Å². The number of hydrazine groups is 1. The SMILES string of the molecule is Cc1ccc2c(CC(=O)NNC(=O)c3cccc([N+](=O)[O-])c3)coc2c1C. The van der Waals surface area contributed by atoms with Crippen LogP contribution in [0.2, 0.25) is 0 Å². The molecule has 2 aromatic carbocycles. The lowest BCUT2D eigenvalue weighted by atomic mass is 10.0. The second-order valence-electron chi connectivity index (χ2n) is 6.13. The van der Waals surface area contributed by atoms with Crippen LogP contribution in [-0.4, -0.2) is 16.7 Å². The average Bonchev–Trinajstić information content (AvgIpc) is 3.06. The molecule has 27 heavy (non-hydrogen) atoms. The highest BCUT2D eigenvalue weighted by Gasteiger charge is 2.15. The minimum Gasteiger partial charge on any atom is -0.464 e. The third kappa shape index (κ3) is 3.79. The minimum absolute atomic E-state index is 0.0186. The van der Waals surface area contributed by atoms with Crippen molar-refractivity contribution in [1.29, 1.82) is 0 Å². The van der Waals surface area contributed by atoms with Crippen molar-refractivity contribution in [2.45, 2.75) is 20.3 Å². The number of fused-ring (bicyclic) bond motifs is 1. The number of nitrogens with one attached hydrogen (secondary N) is 2. The predicted molar refractivity (Wildman–Crippen MR) is 98.1 cm³/mol. The molecule has 0 saturated carbocycles. The number of non-ortho nitro benzene ring substituents is 1. The van der Waals surface area contributed by atoms with Gasteiger partial charge in [0.15, 0.2) is 0 Å². The van der Waals surface area contributed by atoms with Gasteiger partial charge in [-0.3, -0.25) is 30.6 Å². The second kappa shape index (κ2) is 7.28. The highest BCUT2D eigenvalue weighted by atomic mass is 16.6. The molecule has 138 valence electrons. The Labute approximate surface area is 154 Å². The fourth-order valence-corrected chi connectivity index (χ4v) is 2.70. The van der Waals surface area contributed by atoms with Gasteiger partial charge >= 0.3 is 0 Å². The molecule has 2 amide bonds. The highest BCUT2D eigenvalue weighted by Crippen LogP contribution is 2.26. The molecule has 0 radical (unpaired) electrons. The lowest BCUT2D eigenvalue weighted by Crippen LogP contribution is -2.42. The molecule has 0 bridgehead atoms. The maximum Gasteiger partial charge on any atom is 0.270 e. The first-order valence-electron chi connectivity index (χ1n) is 8.16. The topological polar surface area (TPSA) is 114 Å².